The highest BCUT2D eigenvalue weighted by molar-refractivity contribution is 5.53. The molecule has 1 atom stereocenters. The number of nitrogens with one attached hydrogen (secondary N) is 1. The minimum absolute atomic E-state index is 0.272. The van der Waals surface area contributed by atoms with Gasteiger partial charge in [0.2, 0.25) is 5.88 Å². The molecule has 0 fully saturated rings. The van der Waals surface area contributed by atoms with Gasteiger partial charge in [-0.2, -0.15) is 4.98 Å². The number of rotatable bonds is 6. The third kappa shape index (κ3) is 5.79. The lowest BCUT2D eigenvalue weighted by molar-refractivity contribution is 0.125. The number of nitrogens with two attached hydrogens (primary N) is 1. The number of ether oxygens (including phenoxy) is 1. The van der Waals surface area contributed by atoms with E-state index >= 15 is 0 Å². The standard InChI is InChI=1S/C14H25N3O2/c1-5-10(18)8-9-16-12-7-6-11(15)13(17-12)19-14(2,3)4/h6-7,10,18H,5,8-9,15H2,1-4H3,(H,16,17). The van der Waals surface area contributed by atoms with Crippen molar-refractivity contribution in [3.63, 3.8) is 0 Å². The van der Waals surface area contributed by atoms with E-state index in [-0.39, 0.29) is 11.7 Å². The van der Waals surface area contributed by atoms with Crippen molar-refractivity contribution < 1.29 is 9.84 Å². The highest BCUT2D eigenvalue weighted by Crippen LogP contribution is 2.24. The number of aliphatic hydroxyl groups excluding tert-OH is 1. The number of aliphatic hydroxyl groups is 1. The summed E-state index contributed by atoms with van der Waals surface area (Å²) in [5.74, 6) is 1.14. The van der Waals surface area contributed by atoms with Gasteiger partial charge in [-0.15, -0.1) is 0 Å². The maximum absolute atomic E-state index is 9.48. The topological polar surface area (TPSA) is 80.4 Å². The van der Waals surface area contributed by atoms with Crippen molar-refractivity contribution in [1.82, 2.24) is 4.98 Å². The van der Waals surface area contributed by atoms with Gasteiger partial charge in [0.1, 0.15) is 11.4 Å². The molecular formula is C14H25N3O2. The van der Waals surface area contributed by atoms with E-state index in [1.807, 2.05) is 33.8 Å². The Balaban J connectivity index is 2.63. The summed E-state index contributed by atoms with van der Waals surface area (Å²) >= 11 is 0. The molecule has 0 spiro atoms. The third-order valence-electron chi connectivity index (χ3n) is 2.55. The van der Waals surface area contributed by atoms with Gasteiger partial charge in [-0.05, 0) is 45.7 Å². The van der Waals surface area contributed by atoms with Crippen LogP contribution < -0.4 is 15.8 Å². The number of nitrogen functional groups attached to an aromatic ring is 1. The first kappa shape index (κ1) is 15.6. The van der Waals surface area contributed by atoms with Gasteiger partial charge < -0.3 is 20.9 Å². The second-order valence-corrected chi connectivity index (χ2v) is 5.58. The summed E-state index contributed by atoms with van der Waals surface area (Å²) in [5.41, 5.74) is 6.03. The van der Waals surface area contributed by atoms with Crippen LogP contribution in [0.15, 0.2) is 12.1 Å². The molecular weight excluding hydrogens is 242 g/mol. The molecule has 1 aromatic rings. The summed E-state index contributed by atoms with van der Waals surface area (Å²) in [4.78, 5) is 4.34. The molecule has 4 N–H and O–H groups in total. The van der Waals surface area contributed by atoms with Crippen molar-refractivity contribution in [2.45, 2.75) is 52.2 Å². The Morgan fingerprint density at radius 2 is 2.11 bits per heavy atom. The van der Waals surface area contributed by atoms with Crippen molar-refractivity contribution in [3.05, 3.63) is 12.1 Å². The smallest absolute Gasteiger partial charge is 0.239 e. The maximum atomic E-state index is 9.48. The minimum atomic E-state index is -0.335. The van der Waals surface area contributed by atoms with E-state index in [1.54, 1.807) is 6.07 Å². The molecule has 0 saturated carbocycles. The van der Waals surface area contributed by atoms with Gasteiger partial charge in [0, 0.05) is 6.54 Å². The highest BCUT2D eigenvalue weighted by Gasteiger charge is 2.15. The molecule has 0 aromatic carbocycles. The molecule has 5 nitrogen and oxygen atoms in total. The van der Waals surface area contributed by atoms with E-state index in [2.05, 4.69) is 10.3 Å². The normalized spacial score (nSPS) is 13.1. The van der Waals surface area contributed by atoms with Crippen LogP contribution in [0, 0.1) is 0 Å². The molecule has 1 aromatic heterocycles. The molecule has 0 bridgehead atoms. The number of hydrogen-bond acceptors (Lipinski definition) is 5. The number of aromatic nitrogens is 1. The van der Waals surface area contributed by atoms with Crippen LogP contribution in [0.25, 0.3) is 0 Å². The Hall–Kier alpha value is -1.49. The Kier molecular flexibility index (Phi) is 5.42. The predicted molar refractivity (Wildman–Crippen MR) is 78.4 cm³/mol. The largest absolute Gasteiger partial charge is 0.470 e. The van der Waals surface area contributed by atoms with E-state index in [0.29, 0.717) is 30.4 Å². The van der Waals surface area contributed by atoms with Crippen LogP contribution in [0.4, 0.5) is 11.5 Å². The third-order valence-corrected chi connectivity index (χ3v) is 2.55. The molecule has 5 heteroatoms. The Labute approximate surface area is 115 Å². The highest BCUT2D eigenvalue weighted by atomic mass is 16.5. The van der Waals surface area contributed by atoms with E-state index in [9.17, 15) is 5.11 Å². The molecule has 1 heterocycles. The first-order valence-electron chi connectivity index (χ1n) is 6.69. The fourth-order valence-electron chi connectivity index (χ4n) is 1.49. The van der Waals surface area contributed by atoms with E-state index in [1.165, 1.54) is 0 Å². The van der Waals surface area contributed by atoms with Crippen molar-refractivity contribution in [2.75, 3.05) is 17.6 Å². The summed E-state index contributed by atoms with van der Waals surface area (Å²) in [6.07, 6.45) is 1.18. The van der Waals surface area contributed by atoms with Crippen LogP contribution in [0.5, 0.6) is 5.88 Å². The number of pyridine rings is 1. The first-order valence-corrected chi connectivity index (χ1v) is 6.69. The van der Waals surface area contributed by atoms with Gasteiger partial charge in [-0.25, -0.2) is 0 Å². The fourth-order valence-corrected chi connectivity index (χ4v) is 1.49. The van der Waals surface area contributed by atoms with E-state index in [0.717, 1.165) is 6.42 Å². The van der Waals surface area contributed by atoms with Gasteiger partial charge >= 0.3 is 0 Å². The average Bonchev–Trinajstić information content (AvgIpc) is 2.31. The fraction of sp³-hybridized carbons (Fsp3) is 0.643. The lowest BCUT2D eigenvalue weighted by Crippen LogP contribution is -2.24. The Morgan fingerprint density at radius 1 is 1.42 bits per heavy atom. The molecule has 0 radical (unpaired) electrons. The van der Waals surface area contributed by atoms with Crippen molar-refractivity contribution in [1.29, 1.82) is 0 Å². The summed E-state index contributed by atoms with van der Waals surface area (Å²) in [7, 11) is 0. The van der Waals surface area contributed by atoms with Crippen molar-refractivity contribution in [3.8, 4) is 5.88 Å². The van der Waals surface area contributed by atoms with Crippen molar-refractivity contribution >= 4 is 11.5 Å². The minimum Gasteiger partial charge on any atom is -0.470 e. The summed E-state index contributed by atoms with van der Waals surface area (Å²) in [6, 6.07) is 3.58. The zero-order valence-corrected chi connectivity index (χ0v) is 12.2. The Bertz CT molecular complexity index is 402. The van der Waals surface area contributed by atoms with E-state index < -0.39 is 0 Å². The zero-order chi connectivity index (χ0) is 14.5. The van der Waals surface area contributed by atoms with Gasteiger partial charge in [0.25, 0.3) is 0 Å². The van der Waals surface area contributed by atoms with Crippen LogP contribution in [0.1, 0.15) is 40.5 Å². The molecule has 0 aliphatic heterocycles. The van der Waals surface area contributed by atoms with Gasteiger partial charge in [0.15, 0.2) is 0 Å². The van der Waals surface area contributed by atoms with Crippen LogP contribution >= 0.6 is 0 Å². The van der Waals surface area contributed by atoms with Crippen LogP contribution in [0.2, 0.25) is 0 Å². The van der Waals surface area contributed by atoms with Gasteiger partial charge in [-0.3, -0.25) is 0 Å². The zero-order valence-electron chi connectivity index (χ0n) is 12.2. The molecule has 0 aliphatic rings. The molecule has 19 heavy (non-hydrogen) atoms. The quantitative estimate of drug-likeness (QED) is 0.737. The van der Waals surface area contributed by atoms with Crippen LogP contribution in [-0.4, -0.2) is 28.3 Å². The number of anilines is 2. The first-order chi connectivity index (χ1) is 8.81. The summed E-state index contributed by atoms with van der Waals surface area (Å²) < 4.78 is 5.70. The Morgan fingerprint density at radius 3 is 2.68 bits per heavy atom. The predicted octanol–water partition coefficient (Wildman–Crippen LogP) is 2.41. The maximum Gasteiger partial charge on any atom is 0.239 e. The second-order valence-electron chi connectivity index (χ2n) is 5.58. The lowest BCUT2D eigenvalue weighted by atomic mass is 10.2. The molecule has 0 saturated heterocycles. The molecule has 0 amide bonds. The lowest BCUT2D eigenvalue weighted by Gasteiger charge is -2.21. The molecule has 1 rings (SSSR count). The average molecular weight is 267 g/mol. The van der Waals surface area contributed by atoms with Crippen LogP contribution in [-0.2, 0) is 0 Å². The van der Waals surface area contributed by atoms with Crippen molar-refractivity contribution in [2.24, 2.45) is 0 Å². The second kappa shape index (κ2) is 6.61. The van der Waals surface area contributed by atoms with E-state index in [4.69, 9.17) is 10.5 Å². The SMILES string of the molecule is CCC(O)CCNc1ccc(N)c(OC(C)(C)C)n1. The summed E-state index contributed by atoms with van der Waals surface area (Å²) in [5, 5.41) is 12.6. The van der Waals surface area contributed by atoms with Crippen LogP contribution in [0.3, 0.4) is 0 Å². The number of hydrogen-bond donors (Lipinski definition) is 3. The number of nitrogens with zero attached hydrogens (tertiary/aromatic N) is 1. The molecule has 0 aliphatic carbocycles. The monoisotopic (exact) mass is 267 g/mol. The van der Waals surface area contributed by atoms with Gasteiger partial charge in [-0.1, -0.05) is 6.92 Å². The molecule has 1 unspecified atom stereocenters. The summed E-state index contributed by atoms with van der Waals surface area (Å²) in [6.45, 7) is 8.48. The van der Waals surface area contributed by atoms with Gasteiger partial charge in [0.05, 0.1) is 11.8 Å². The molecule has 108 valence electrons.